The van der Waals surface area contributed by atoms with E-state index in [4.69, 9.17) is 4.42 Å². The summed E-state index contributed by atoms with van der Waals surface area (Å²) in [4.78, 5) is 13.4. The van der Waals surface area contributed by atoms with Crippen molar-refractivity contribution in [3.63, 3.8) is 0 Å². The second-order valence-electron chi connectivity index (χ2n) is 8.21. The minimum absolute atomic E-state index is 0.0702. The number of aryl methyl sites for hydroxylation is 1. The topological polar surface area (TPSA) is 54.0 Å². The van der Waals surface area contributed by atoms with Crippen LogP contribution in [0.3, 0.4) is 0 Å². The molecule has 0 saturated heterocycles. The number of hydrogen-bond acceptors (Lipinski definition) is 3. The molecule has 1 atom stereocenters. The van der Waals surface area contributed by atoms with Crippen LogP contribution in [0.2, 0.25) is 0 Å². The predicted octanol–water partition coefficient (Wildman–Crippen LogP) is 5.66. The summed E-state index contributed by atoms with van der Waals surface area (Å²) < 4.78 is 6.36. The van der Waals surface area contributed by atoms with Crippen LogP contribution in [0, 0.1) is 23.7 Å². The van der Waals surface area contributed by atoms with E-state index in [2.05, 4.69) is 26.8 Å². The van der Waals surface area contributed by atoms with Crippen LogP contribution in [0.4, 0.5) is 0 Å². The summed E-state index contributed by atoms with van der Waals surface area (Å²) in [6, 6.07) is 15.8. The molecule has 0 N–H and O–H groups in total. The van der Waals surface area contributed by atoms with Gasteiger partial charge in [-0.15, -0.1) is 0 Å². The largest absolute Gasteiger partial charge is 0.459 e. The minimum Gasteiger partial charge on any atom is -0.459 e. The standard InChI is InChI=1S/C24H21NO2/c1-14-8-7-11-19-20(14)22(26)18-12-15(13-25)16-9-5-6-10-17(16)21(23(18)27-19)24(2,3)4/h5-12,21H,1-4H3. The van der Waals surface area contributed by atoms with Gasteiger partial charge in [0.25, 0.3) is 0 Å². The highest BCUT2D eigenvalue weighted by Crippen LogP contribution is 2.46. The minimum atomic E-state index is -0.197. The fourth-order valence-electron chi connectivity index (χ4n) is 4.10. The first-order valence-electron chi connectivity index (χ1n) is 9.10. The van der Waals surface area contributed by atoms with Crippen molar-refractivity contribution in [2.45, 2.75) is 33.6 Å². The molecule has 0 bridgehead atoms. The van der Waals surface area contributed by atoms with Crippen molar-refractivity contribution < 1.29 is 4.42 Å². The predicted molar refractivity (Wildman–Crippen MR) is 108 cm³/mol. The van der Waals surface area contributed by atoms with Crippen molar-refractivity contribution in [3.05, 3.63) is 80.7 Å². The highest BCUT2D eigenvalue weighted by Gasteiger charge is 2.36. The lowest BCUT2D eigenvalue weighted by atomic mass is 9.73. The average Bonchev–Trinajstić information content (AvgIpc) is 2.75. The van der Waals surface area contributed by atoms with E-state index >= 15 is 0 Å². The van der Waals surface area contributed by atoms with E-state index in [1.165, 1.54) is 0 Å². The van der Waals surface area contributed by atoms with Crippen molar-refractivity contribution in [1.29, 1.82) is 5.26 Å². The molecule has 1 aliphatic rings. The maximum Gasteiger partial charge on any atom is 0.200 e. The highest BCUT2D eigenvalue weighted by atomic mass is 16.3. The third-order valence-electron chi connectivity index (χ3n) is 5.29. The molecule has 0 saturated carbocycles. The first-order chi connectivity index (χ1) is 12.8. The van der Waals surface area contributed by atoms with E-state index < -0.39 is 0 Å². The van der Waals surface area contributed by atoms with E-state index in [9.17, 15) is 10.1 Å². The molecule has 1 heterocycles. The fraction of sp³-hybridized carbons (Fsp3) is 0.250. The van der Waals surface area contributed by atoms with Gasteiger partial charge in [-0.1, -0.05) is 57.2 Å². The van der Waals surface area contributed by atoms with Crippen LogP contribution in [-0.4, -0.2) is 0 Å². The van der Waals surface area contributed by atoms with Gasteiger partial charge < -0.3 is 4.42 Å². The maximum atomic E-state index is 13.4. The molecule has 4 rings (SSSR count). The molecule has 2 aromatic carbocycles. The molecule has 3 aromatic rings. The number of allylic oxidation sites excluding steroid dienone is 1. The molecular formula is C24H21NO2. The van der Waals surface area contributed by atoms with Gasteiger partial charge in [-0.3, -0.25) is 4.79 Å². The third kappa shape index (κ3) is 2.61. The fourth-order valence-corrected chi connectivity index (χ4v) is 4.10. The molecule has 1 aliphatic carbocycles. The number of hydrogen-bond donors (Lipinski definition) is 0. The smallest absolute Gasteiger partial charge is 0.200 e. The molecule has 0 spiro atoms. The van der Waals surface area contributed by atoms with Crippen LogP contribution in [-0.2, 0) is 0 Å². The Kier molecular flexibility index (Phi) is 3.82. The van der Waals surface area contributed by atoms with Crippen LogP contribution in [0.5, 0.6) is 0 Å². The molecule has 1 unspecified atom stereocenters. The van der Waals surface area contributed by atoms with E-state index in [0.717, 1.165) is 16.7 Å². The van der Waals surface area contributed by atoms with Crippen molar-refractivity contribution in [3.8, 4) is 6.07 Å². The van der Waals surface area contributed by atoms with Gasteiger partial charge in [0, 0.05) is 5.92 Å². The number of benzene rings is 2. The molecule has 0 fully saturated rings. The number of rotatable bonds is 0. The quantitative estimate of drug-likeness (QED) is 0.523. The lowest BCUT2D eigenvalue weighted by Crippen LogP contribution is -2.23. The summed E-state index contributed by atoms with van der Waals surface area (Å²) in [6.07, 6.45) is 1.71. The molecule has 3 heteroatoms. The Morgan fingerprint density at radius 2 is 1.81 bits per heavy atom. The second kappa shape index (κ2) is 5.96. The summed E-state index contributed by atoms with van der Waals surface area (Å²) in [5, 5.41) is 10.4. The van der Waals surface area contributed by atoms with Crippen molar-refractivity contribution >= 4 is 22.6 Å². The normalized spacial score (nSPS) is 16.1. The summed E-state index contributed by atoms with van der Waals surface area (Å²) in [6.45, 7) is 8.31. The lowest BCUT2D eigenvalue weighted by molar-refractivity contribution is 0.316. The van der Waals surface area contributed by atoms with Crippen LogP contribution in [0.25, 0.3) is 22.6 Å². The highest BCUT2D eigenvalue weighted by molar-refractivity contribution is 5.94. The Labute approximate surface area is 158 Å². The van der Waals surface area contributed by atoms with Crippen molar-refractivity contribution in [2.75, 3.05) is 0 Å². The van der Waals surface area contributed by atoms with Crippen LogP contribution in [0.1, 0.15) is 54.7 Å². The van der Waals surface area contributed by atoms with Crippen molar-refractivity contribution in [1.82, 2.24) is 0 Å². The Balaban J connectivity index is 2.22. The zero-order valence-electron chi connectivity index (χ0n) is 16.0. The zero-order chi connectivity index (χ0) is 19.3. The maximum absolute atomic E-state index is 13.4. The van der Waals surface area contributed by atoms with Gasteiger partial charge in [0.15, 0.2) is 0 Å². The number of nitrogens with zero attached hydrogens (tertiary/aromatic N) is 1. The summed E-state index contributed by atoms with van der Waals surface area (Å²) in [5.41, 5.74) is 4.09. The Morgan fingerprint density at radius 1 is 1.07 bits per heavy atom. The average molecular weight is 355 g/mol. The second-order valence-corrected chi connectivity index (χ2v) is 8.21. The molecule has 0 amide bonds. The molecule has 3 nitrogen and oxygen atoms in total. The van der Waals surface area contributed by atoms with E-state index in [0.29, 0.717) is 27.9 Å². The van der Waals surface area contributed by atoms with Gasteiger partial charge in [-0.25, -0.2) is 0 Å². The van der Waals surface area contributed by atoms with Gasteiger partial charge in [0.1, 0.15) is 11.3 Å². The van der Waals surface area contributed by atoms with Crippen LogP contribution >= 0.6 is 0 Å². The monoisotopic (exact) mass is 355 g/mol. The molecule has 0 aliphatic heterocycles. The Morgan fingerprint density at radius 3 is 2.52 bits per heavy atom. The molecule has 134 valence electrons. The third-order valence-corrected chi connectivity index (χ3v) is 5.29. The van der Waals surface area contributed by atoms with E-state index in [1.54, 1.807) is 6.08 Å². The van der Waals surface area contributed by atoms with Gasteiger partial charge in [-0.2, -0.15) is 5.26 Å². The van der Waals surface area contributed by atoms with Gasteiger partial charge in [-0.05, 0) is 41.2 Å². The van der Waals surface area contributed by atoms with Crippen LogP contribution < -0.4 is 5.43 Å². The molecule has 0 radical (unpaired) electrons. The summed E-state index contributed by atoms with van der Waals surface area (Å²) in [5.74, 6) is 0.506. The van der Waals surface area contributed by atoms with E-state index in [1.807, 2.05) is 49.4 Å². The molecule has 1 aromatic heterocycles. The zero-order valence-corrected chi connectivity index (χ0v) is 16.0. The Bertz CT molecular complexity index is 1200. The summed E-state index contributed by atoms with van der Waals surface area (Å²) in [7, 11) is 0. The first kappa shape index (κ1) is 17.3. The van der Waals surface area contributed by atoms with E-state index in [-0.39, 0.29) is 16.8 Å². The summed E-state index contributed by atoms with van der Waals surface area (Å²) >= 11 is 0. The first-order valence-corrected chi connectivity index (χ1v) is 9.10. The number of fused-ring (bicyclic) bond motifs is 3. The SMILES string of the molecule is Cc1cccc2oc3c(c(=O)c12)C=C(C#N)c1ccccc1C3C(C)(C)C. The molecule has 27 heavy (non-hydrogen) atoms. The van der Waals surface area contributed by atoms with Gasteiger partial charge in [0.2, 0.25) is 5.43 Å². The van der Waals surface area contributed by atoms with Gasteiger partial charge >= 0.3 is 0 Å². The molecular weight excluding hydrogens is 334 g/mol. The lowest BCUT2D eigenvalue weighted by Gasteiger charge is -2.31. The Hall–Kier alpha value is -3.12. The van der Waals surface area contributed by atoms with Crippen LogP contribution in [0.15, 0.2) is 51.7 Å². The van der Waals surface area contributed by atoms with Gasteiger partial charge in [0.05, 0.1) is 22.6 Å². The number of nitriles is 1. The van der Waals surface area contributed by atoms with Crippen molar-refractivity contribution in [2.24, 2.45) is 5.41 Å².